The van der Waals surface area contributed by atoms with E-state index in [1.54, 1.807) is 0 Å². The van der Waals surface area contributed by atoms with Gasteiger partial charge in [-0.15, -0.1) is 0 Å². The highest BCUT2D eigenvalue weighted by Crippen LogP contribution is 2.33. The molecule has 17 heavy (non-hydrogen) atoms. The van der Waals surface area contributed by atoms with Crippen molar-refractivity contribution in [2.75, 3.05) is 0 Å². The van der Waals surface area contributed by atoms with Crippen molar-refractivity contribution in [3.8, 4) is 0 Å². The summed E-state index contributed by atoms with van der Waals surface area (Å²) in [5, 5.41) is 4.80. The van der Waals surface area contributed by atoms with Crippen molar-refractivity contribution in [3.05, 3.63) is 33.5 Å². The molecule has 0 bridgehead atoms. The molecule has 90 valence electrons. The zero-order chi connectivity index (χ0) is 12.0. The highest BCUT2D eigenvalue weighted by molar-refractivity contribution is 9.10. The highest BCUT2D eigenvalue weighted by atomic mass is 79.9. The zero-order valence-corrected chi connectivity index (χ0v) is 11.7. The van der Waals surface area contributed by atoms with E-state index in [-0.39, 0.29) is 0 Å². The van der Waals surface area contributed by atoms with Gasteiger partial charge in [-0.05, 0) is 43.9 Å². The van der Waals surface area contributed by atoms with Crippen LogP contribution in [0.3, 0.4) is 0 Å². The molecule has 1 aromatic carbocycles. The van der Waals surface area contributed by atoms with Crippen LogP contribution in [0.2, 0.25) is 0 Å². The molecule has 1 saturated carbocycles. The van der Waals surface area contributed by atoms with Gasteiger partial charge in [0.25, 0.3) is 0 Å². The van der Waals surface area contributed by atoms with Gasteiger partial charge >= 0.3 is 0 Å². The third-order valence-corrected chi connectivity index (χ3v) is 4.67. The molecule has 0 unspecified atom stereocenters. The van der Waals surface area contributed by atoms with Crippen molar-refractivity contribution in [1.29, 1.82) is 0 Å². The molecule has 0 spiro atoms. The topological polar surface area (TPSA) is 25.2 Å². The van der Waals surface area contributed by atoms with Crippen LogP contribution < -0.4 is 5.32 Å². The Bertz CT molecular complexity index is 569. The van der Waals surface area contributed by atoms with Crippen LogP contribution in [0.25, 0.3) is 11.0 Å². The van der Waals surface area contributed by atoms with Crippen LogP contribution in [0.5, 0.6) is 0 Å². The monoisotopic (exact) mass is 293 g/mol. The quantitative estimate of drug-likeness (QED) is 0.923. The molecule has 1 aliphatic carbocycles. The van der Waals surface area contributed by atoms with Crippen molar-refractivity contribution in [2.45, 2.75) is 39.3 Å². The smallest absolute Gasteiger partial charge is 0.134 e. The van der Waals surface area contributed by atoms with E-state index in [2.05, 4.69) is 41.2 Å². The lowest BCUT2D eigenvalue weighted by molar-refractivity contribution is 0.601. The van der Waals surface area contributed by atoms with Crippen molar-refractivity contribution in [1.82, 2.24) is 5.32 Å². The van der Waals surface area contributed by atoms with Crippen LogP contribution >= 0.6 is 15.9 Å². The number of aryl methyl sites for hydroxylation is 2. The summed E-state index contributed by atoms with van der Waals surface area (Å²) >= 11 is 3.65. The summed E-state index contributed by atoms with van der Waals surface area (Å²) < 4.78 is 6.85. The molecular formula is C14H16BrNO. The van der Waals surface area contributed by atoms with Gasteiger partial charge in [-0.3, -0.25) is 0 Å². The number of nitrogens with one attached hydrogen (secondary N) is 1. The normalized spacial score (nSPS) is 15.7. The summed E-state index contributed by atoms with van der Waals surface area (Å²) in [5.74, 6) is 0. The van der Waals surface area contributed by atoms with Crippen molar-refractivity contribution in [3.63, 3.8) is 0 Å². The molecule has 0 aliphatic heterocycles. The van der Waals surface area contributed by atoms with E-state index in [1.807, 2.05) is 6.26 Å². The molecule has 0 amide bonds. The fourth-order valence-electron chi connectivity index (χ4n) is 2.28. The van der Waals surface area contributed by atoms with Crippen molar-refractivity contribution < 1.29 is 4.42 Å². The summed E-state index contributed by atoms with van der Waals surface area (Å²) in [6.07, 6.45) is 4.52. The summed E-state index contributed by atoms with van der Waals surface area (Å²) in [6, 6.07) is 2.83. The fourth-order valence-corrected chi connectivity index (χ4v) is 2.59. The molecule has 1 fully saturated rings. The Morgan fingerprint density at radius 2 is 2.18 bits per heavy atom. The van der Waals surface area contributed by atoms with E-state index < -0.39 is 0 Å². The molecule has 3 rings (SSSR count). The van der Waals surface area contributed by atoms with Crippen LogP contribution in [0.4, 0.5) is 0 Å². The Morgan fingerprint density at radius 3 is 2.88 bits per heavy atom. The molecular weight excluding hydrogens is 278 g/mol. The summed E-state index contributed by atoms with van der Waals surface area (Å²) in [6.45, 7) is 5.16. The molecule has 3 heteroatoms. The second-order valence-corrected chi connectivity index (χ2v) is 5.71. The third-order valence-electron chi connectivity index (χ3n) is 3.45. The van der Waals surface area contributed by atoms with Gasteiger partial charge in [0.05, 0.1) is 6.26 Å². The number of hydrogen-bond donors (Lipinski definition) is 1. The maximum absolute atomic E-state index is 5.66. The first-order chi connectivity index (χ1) is 8.16. The van der Waals surface area contributed by atoms with Gasteiger partial charge in [0.2, 0.25) is 0 Å². The summed E-state index contributed by atoms with van der Waals surface area (Å²) in [4.78, 5) is 0. The lowest BCUT2D eigenvalue weighted by Gasteiger charge is -2.06. The van der Waals surface area contributed by atoms with Crippen molar-refractivity contribution in [2.24, 2.45) is 0 Å². The van der Waals surface area contributed by atoms with Crippen LogP contribution in [-0.4, -0.2) is 6.04 Å². The molecule has 0 atom stereocenters. The van der Waals surface area contributed by atoms with E-state index in [9.17, 15) is 0 Å². The minimum absolute atomic E-state index is 0.731. The SMILES string of the molecule is Cc1cc2occ(CNC3CC3)c2c(C)c1Br. The zero-order valence-electron chi connectivity index (χ0n) is 10.1. The Morgan fingerprint density at radius 1 is 1.41 bits per heavy atom. The van der Waals surface area contributed by atoms with Crippen LogP contribution in [0.1, 0.15) is 29.5 Å². The molecule has 1 aliphatic rings. The van der Waals surface area contributed by atoms with E-state index in [1.165, 1.54) is 39.4 Å². The average Bonchev–Trinajstić information content (AvgIpc) is 3.05. The first-order valence-corrected chi connectivity index (χ1v) is 6.85. The largest absolute Gasteiger partial charge is 0.464 e. The average molecular weight is 294 g/mol. The van der Waals surface area contributed by atoms with Crippen LogP contribution in [0, 0.1) is 13.8 Å². The minimum atomic E-state index is 0.731. The number of hydrogen-bond acceptors (Lipinski definition) is 2. The minimum Gasteiger partial charge on any atom is -0.464 e. The lowest BCUT2D eigenvalue weighted by atomic mass is 10.0. The van der Waals surface area contributed by atoms with E-state index in [0.29, 0.717) is 0 Å². The second kappa shape index (κ2) is 4.14. The van der Waals surface area contributed by atoms with E-state index in [0.717, 1.165) is 18.2 Å². The molecule has 0 saturated heterocycles. The number of furan rings is 1. The van der Waals surface area contributed by atoms with E-state index >= 15 is 0 Å². The summed E-state index contributed by atoms with van der Waals surface area (Å²) in [5.41, 5.74) is 4.77. The predicted molar refractivity (Wildman–Crippen MR) is 73.2 cm³/mol. The van der Waals surface area contributed by atoms with E-state index in [4.69, 9.17) is 4.42 Å². The maximum Gasteiger partial charge on any atom is 0.134 e. The second-order valence-electron chi connectivity index (χ2n) is 4.92. The number of benzene rings is 1. The molecule has 2 nitrogen and oxygen atoms in total. The molecule has 2 aromatic rings. The fraction of sp³-hybridized carbons (Fsp3) is 0.429. The Labute approximate surface area is 110 Å². The van der Waals surface area contributed by atoms with Gasteiger partial charge in [-0.1, -0.05) is 15.9 Å². The van der Waals surface area contributed by atoms with Gasteiger partial charge in [0.15, 0.2) is 0 Å². The van der Waals surface area contributed by atoms with Crippen LogP contribution in [-0.2, 0) is 6.54 Å². The van der Waals surface area contributed by atoms with Gasteiger partial charge < -0.3 is 9.73 Å². The number of rotatable bonds is 3. The Hall–Kier alpha value is -0.800. The Kier molecular flexibility index (Phi) is 2.75. The maximum atomic E-state index is 5.66. The first-order valence-electron chi connectivity index (χ1n) is 6.06. The molecule has 1 aromatic heterocycles. The van der Waals surface area contributed by atoms with Gasteiger partial charge in [0.1, 0.15) is 5.58 Å². The van der Waals surface area contributed by atoms with Gasteiger partial charge in [-0.2, -0.15) is 0 Å². The van der Waals surface area contributed by atoms with Gasteiger partial charge in [0, 0.05) is 28.0 Å². The highest BCUT2D eigenvalue weighted by Gasteiger charge is 2.21. The molecule has 0 radical (unpaired) electrons. The third kappa shape index (κ3) is 2.02. The lowest BCUT2D eigenvalue weighted by Crippen LogP contribution is -2.15. The summed E-state index contributed by atoms with van der Waals surface area (Å²) in [7, 11) is 0. The van der Waals surface area contributed by atoms with Gasteiger partial charge in [-0.25, -0.2) is 0 Å². The number of halogens is 1. The number of fused-ring (bicyclic) bond motifs is 1. The van der Waals surface area contributed by atoms with Crippen molar-refractivity contribution >= 4 is 26.9 Å². The van der Waals surface area contributed by atoms with Crippen LogP contribution in [0.15, 0.2) is 21.2 Å². The first kappa shape index (κ1) is 11.3. The molecule has 1 N–H and O–H groups in total. The Balaban J connectivity index is 2.03. The standard InChI is InChI=1S/C14H16BrNO/c1-8-5-12-13(9(2)14(8)15)10(7-17-12)6-16-11-3-4-11/h5,7,11,16H,3-4,6H2,1-2H3. The predicted octanol–water partition coefficient (Wildman–Crippen LogP) is 4.06. The molecule has 1 heterocycles.